The zero-order valence-corrected chi connectivity index (χ0v) is 13.6. The van der Waals surface area contributed by atoms with Crippen LogP contribution in [0.25, 0.3) is 5.69 Å². The standard InChI is InChI=1S/C17H23N3O2/c1-12(9-10-22-4)17(21)19-15-5-7-16(8-6-15)20-11-18-13(2)14(20)3/h5-8,11-12H,9-10H2,1-4H3,(H,19,21). The van der Waals surface area contributed by atoms with Gasteiger partial charge in [-0.25, -0.2) is 4.98 Å². The van der Waals surface area contributed by atoms with Crippen molar-refractivity contribution in [2.24, 2.45) is 5.92 Å². The number of rotatable bonds is 6. The Morgan fingerprint density at radius 3 is 2.55 bits per heavy atom. The number of carbonyl (C=O) groups excluding carboxylic acids is 1. The van der Waals surface area contributed by atoms with Crippen LogP contribution < -0.4 is 5.32 Å². The van der Waals surface area contributed by atoms with Crippen molar-refractivity contribution in [3.63, 3.8) is 0 Å². The van der Waals surface area contributed by atoms with Crippen LogP contribution >= 0.6 is 0 Å². The molecule has 1 atom stereocenters. The number of methoxy groups -OCH3 is 1. The summed E-state index contributed by atoms with van der Waals surface area (Å²) in [4.78, 5) is 16.3. The van der Waals surface area contributed by atoms with E-state index in [4.69, 9.17) is 4.74 Å². The molecule has 0 saturated carbocycles. The predicted octanol–water partition coefficient (Wildman–Crippen LogP) is 3.10. The highest BCUT2D eigenvalue weighted by Crippen LogP contribution is 2.17. The van der Waals surface area contributed by atoms with E-state index in [0.717, 1.165) is 22.8 Å². The lowest BCUT2D eigenvalue weighted by Gasteiger charge is -2.12. The molecule has 0 aliphatic rings. The fraction of sp³-hybridized carbons (Fsp3) is 0.412. The Kier molecular flexibility index (Phi) is 5.33. The summed E-state index contributed by atoms with van der Waals surface area (Å²) in [5.74, 6) is -0.0578. The Bertz CT molecular complexity index is 632. The van der Waals surface area contributed by atoms with Crippen LogP contribution in [0, 0.1) is 19.8 Å². The average Bonchev–Trinajstić information content (AvgIpc) is 2.85. The number of ether oxygens (including phenoxy) is 1. The Hall–Kier alpha value is -2.14. The molecule has 0 saturated heterocycles. The predicted molar refractivity (Wildman–Crippen MR) is 87.3 cm³/mol. The number of benzene rings is 1. The quantitative estimate of drug-likeness (QED) is 0.892. The van der Waals surface area contributed by atoms with Crippen LogP contribution in [-0.4, -0.2) is 29.2 Å². The first-order chi connectivity index (χ1) is 10.5. The van der Waals surface area contributed by atoms with Gasteiger partial charge >= 0.3 is 0 Å². The third kappa shape index (κ3) is 3.74. The molecular weight excluding hydrogens is 278 g/mol. The summed E-state index contributed by atoms with van der Waals surface area (Å²) >= 11 is 0. The molecule has 0 aliphatic carbocycles. The lowest BCUT2D eigenvalue weighted by Crippen LogP contribution is -2.21. The molecule has 1 aromatic carbocycles. The van der Waals surface area contributed by atoms with Crippen molar-refractivity contribution in [1.29, 1.82) is 0 Å². The zero-order valence-electron chi connectivity index (χ0n) is 13.6. The molecule has 118 valence electrons. The van der Waals surface area contributed by atoms with Crippen LogP contribution in [0.2, 0.25) is 0 Å². The van der Waals surface area contributed by atoms with E-state index >= 15 is 0 Å². The van der Waals surface area contributed by atoms with Crippen LogP contribution in [0.15, 0.2) is 30.6 Å². The minimum Gasteiger partial charge on any atom is -0.385 e. The summed E-state index contributed by atoms with van der Waals surface area (Å²) < 4.78 is 7.03. The molecule has 2 rings (SSSR count). The molecule has 1 N–H and O–H groups in total. The second-order valence-corrected chi connectivity index (χ2v) is 5.50. The fourth-order valence-corrected chi connectivity index (χ4v) is 2.16. The molecule has 1 amide bonds. The van der Waals surface area contributed by atoms with Gasteiger partial charge in [0, 0.05) is 36.7 Å². The smallest absolute Gasteiger partial charge is 0.227 e. The van der Waals surface area contributed by atoms with Crippen molar-refractivity contribution in [2.75, 3.05) is 19.0 Å². The third-order valence-corrected chi connectivity index (χ3v) is 3.87. The molecule has 1 unspecified atom stereocenters. The van der Waals surface area contributed by atoms with Crippen LogP contribution in [-0.2, 0) is 9.53 Å². The minimum absolute atomic E-state index is 0.0134. The highest BCUT2D eigenvalue weighted by Gasteiger charge is 2.12. The maximum Gasteiger partial charge on any atom is 0.227 e. The number of aryl methyl sites for hydroxylation is 1. The first-order valence-corrected chi connectivity index (χ1v) is 7.43. The van der Waals surface area contributed by atoms with Gasteiger partial charge in [0.15, 0.2) is 0 Å². The normalized spacial score (nSPS) is 12.2. The van der Waals surface area contributed by atoms with E-state index in [1.54, 1.807) is 7.11 Å². The maximum absolute atomic E-state index is 12.0. The van der Waals surface area contributed by atoms with Gasteiger partial charge < -0.3 is 14.6 Å². The molecule has 1 aromatic heterocycles. The van der Waals surface area contributed by atoms with Gasteiger partial charge in [-0.3, -0.25) is 4.79 Å². The Labute approximate surface area is 131 Å². The van der Waals surface area contributed by atoms with Crippen LogP contribution in [0.4, 0.5) is 5.69 Å². The van der Waals surface area contributed by atoms with E-state index in [-0.39, 0.29) is 11.8 Å². The Balaban J connectivity index is 2.03. The summed E-state index contributed by atoms with van der Waals surface area (Å²) in [5.41, 5.74) is 3.96. The molecule has 22 heavy (non-hydrogen) atoms. The van der Waals surface area contributed by atoms with E-state index in [1.165, 1.54) is 0 Å². The van der Waals surface area contributed by atoms with Gasteiger partial charge in [0.2, 0.25) is 5.91 Å². The van der Waals surface area contributed by atoms with Crippen molar-refractivity contribution < 1.29 is 9.53 Å². The minimum atomic E-state index is -0.0711. The number of imidazole rings is 1. The van der Waals surface area contributed by atoms with Crippen molar-refractivity contribution >= 4 is 11.6 Å². The van der Waals surface area contributed by atoms with Crippen LogP contribution in [0.5, 0.6) is 0 Å². The van der Waals surface area contributed by atoms with Crippen LogP contribution in [0.1, 0.15) is 24.7 Å². The van der Waals surface area contributed by atoms with Crippen molar-refractivity contribution in [2.45, 2.75) is 27.2 Å². The Morgan fingerprint density at radius 1 is 1.32 bits per heavy atom. The van der Waals surface area contributed by atoms with Crippen molar-refractivity contribution in [3.05, 3.63) is 42.0 Å². The van der Waals surface area contributed by atoms with E-state index in [9.17, 15) is 4.79 Å². The summed E-state index contributed by atoms with van der Waals surface area (Å²) in [7, 11) is 1.64. The van der Waals surface area contributed by atoms with Gasteiger partial charge in [-0.05, 0) is 44.5 Å². The highest BCUT2D eigenvalue weighted by molar-refractivity contribution is 5.92. The molecule has 2 aromatic rings. The number of hydrogen-bond donors (Lipinski definition) is 1. The van der Waals surface area contributed by atoms with E-state index in [0.29, 0.717) is 13.0 Å². The topological polar surface area (TPSA) is 56.1 Å². The largest absolute Gasteiger partial charge is 0.385 e. The number of nitrogens with zero attached hydrogens (tertiary/aromatic N) is 2. The zero-order chi connectivity index (χ0) is 16.1. The fourth-order valence-electron chi connectivity index (χ4n) is 2.16. The third-order valence-electron chi connectivity index (χ3n) is 3.87. The monoisotopic (exact) mass is 301 g/mol. The molecule has 1 heterocycles. The second kappa shape index (κ2) is 7.22. The number of aromatic nitrogens is 2. The molecule has 5 heteroatoms. The number of carbonyl (C=O) groups is 1. The molecule has 0 radical (unpaired) electrons. The van der Waals surface area contributed by atoms with Crippen molar-refractivity contribution in [3.8, 4) is 5.69 Å². The summed E-state index contributed by atoms with van der Waals surface area (Å²) in [6, 6.07) is 7.77. The van der Waals surface area contributed by atoms with Gasteiger partial charge in [-0.1, -0.05) is 6.92 Å². The molecule has 0 aliphatic heterocycles. The van der Waals surface area contributed by atoms with Gasteiger partial charge in [-0.2, -0.15) is 0 Å². The number of amides is 1. The molecule has 0 bridgehead atoms. The average molecular weight is 301 g/mol. The van der Waals surface area contributed by atoms with Gasteiger partial charge in [0.25, 0.3) is 0 Å². The first kappa shape index (κ1) is 16.2. The van der Waals surface area contributed by atoms with E-state index in [1.807, 2.05) is 55.9 Å². The lowest BCUT2D eigenvalue weighted by molar-refractivity contribution is -0.119. The first-order valence-electron chi connectivity index (χ1n) is 7.43. The van der Waals surface area contributed by atoms with E-state index < -0.39 is 0 Å². The van der Waals surface area contributed by atoms with Crippen LogP contribution in [0.3, 0.4) is 0 Å². The highest BCUT2D eigenvalue weighted by atomic mass is 16.5. The SMILES string of the molecule is COCCC(C)C(=O)Nc1ccc(-n2cnc(C)c2C)cc1. The van der Waals surface area contributed by atoms with E-state index in [2.05, 4.69) is 10.3 Å². The van der Waals surface area contributed by atoms with Gasteiger partial charge in [-0.15, -0.1) is 0 Å². The summed E-state index contributed by atoms with van der Waals surface area (Å²) in [6.07, 6.45) is 2.53. The number of hydrogen-bond acceptors (Lipinski definition) is 3. The molecule has 5 nitrogen and oxygen atoms in total. The second-order valence-electron chi connectivity index (χ2n) is 5.50. The number of nitrogens with one attached hydrogen (secondary N) is 1. The molecule has 0 spiro atoms. The Morgan fingerprint density at radius 2 is 2.00 bits per heavy atom. The maximum atomic E-state index is 12.0. The van der Waals surface area contributed by atoms with Crippen molar-refractivity contribution in [1.82, 2.24) is 9.55 Å². The number of anilines is 1. The van der Waals surface area contributed by atoms with Gasteiger partial charge in [0.1, 0.15) is 0 Å². The lowest BCUT2D eigenvalue weighted by atomic mass is 10.1. The van der Waals surface area contributed by atoms with Gasteiger partial charge in [0.05, 0.1) is 12.0 Å². The summed E-state index contributed by atoms with van der Waals surface area (Å²) in [6.45, 7) is 6.52. The molecule has 0 fully saturated rings. The summed E-state index contributed by atoms with van der Waals surface area (Å²) in [5, 5.41) is 2.93. The molecular formula is C17H23N3O2.